The van der Waals surface area contributed by atoms with Gasteiger partial charge in [-0.1, -0.05) is 24.6 Å². The zero-order valence-electron chi connectivity index (χ0n) is 24.0. The molecule has 0 radical (unpaired) electrons. The van der Waals surface area contributed by atoms with Crippen molar-refractivity contribution in [3.63, 3.8) is 0 Å². The number of Topliss-reactive ketones (excluding diaryl/α,β-unsaturated/α-hetero) is 2. The lowest BCUT2D eigenvalue weighted by Crippen LogP contribution is -2.53. The standard InChI is InChI=1S/C30H34ClNO10/c1-15-11-19(34)24(17(13-23(35)32-9-6-10-38-2)16-7-8-18(33)20(12-16)39-3)28(36)30(15)29(37)25-21(40-4)14-22(41-5)26(31)27(25)42-30/h7-8,12,14-15,17,33,36H,6,9-11,13H2,1-5H3,(H,32,35). The van der Waals surface area contributed by atoms with Gasteiger partial charge in [0.2, 0.25) is 17.3 Å². The topological polar surface area (TPSA) is 150 Å². The average Bonchev–Trinajstić information content (AvgIpc) is 3.29. The molecule has 11 nitrogen and oxygen atoms in total. The van der Waals surface area contributed by atoms with Gasteiger partial charge in [0.1, 0.15) is 22.1 Å². The van der Waals surface area contributed by atoms with E-state index in [9.17, 15) is 24.6 Å². The van der Waals surface area contributed by atoms with E-state index in [2.05, 4.69) is 5.32 Å². The first-order valence-electron chi connectivity index (χ1n) is 13.3. The molecule has 226 valence electrons. The highest BCUT2D eigenvalue weighted by atomic mass is 35.5. The zero-order valence-corrected chi connectivity index (χ0v) is 24.8. The highest BCUT2D eigenvalue weighted by Crippen LogP contribution is 2.56. The highest BCUT2D eigenvalue weighted by Gasteiger charge is 2.61. The summed E-state index contributed by atoms with van der Waals surface area (Å²) in [5.74, 6) is -3.71. The van der Waals surface area contributed by atoms with E-state index in [0.29, 0.717) is 25.1 Å². The van der Waals surface area contributed by atoms with E-state index in [1.54, 1.807) is 14.0 Å². The summed E-state index contributed by atoms with van der Waals surface area (Å²) >= 11 is 6.54. The van der Waals surface area contributed by atoms with Crippen molar-refractivity contribution in [2.45, 2.75) is 37.7 Å². The summed E-state index contributed by atoms with van der Waals surface area (Å²) in [6, 6.07) is 5.81. The van der Waals surface area contributed by atoms with Crippen LogP contribution in [0, 0.1) is 5.92 Å². The third-order valence-electron chi connectivity index (χ3n) is 7.70. The second-order valence-electron chi connectivity index (χ2n) is 10.1. The number of nitrogens with one attached hydrogen (secondary N) is 1. The van der Waals surface area contributed by atoms with Crippen molar-refractivity contribution >= 4 is 29.1 Å². The predicted molar refractivity (Wildman–Crippen MR) is 152 cm³/mol. The number of benzene rings is 2. The van der Waals surface area contributed by atoms with Gasteiger partial charge in [-0.2, -0.15) is 0 Å². The van der Waals surface area contributed by atoms with Crippen molar-refractivity contribution in [2.75, 3.05) is 41.6 Å². The first kappa shape index (κ1) is 31.0. The fraction of sp³-hybridized carbons (Fsp3) is 0.433. The van der Waals surface area contributed by atoms with Crippen LogP contribution in [0.15, 0.2) is 35.6 Å². The van der Waals surface area contributed by atoms with Gasteiger partial charge in [0.05, 0.1) is 21.3 Å². The van der Waals surface area contributed by atoms with Gasteiger partial charge in [-0.05, 0) is 24.1 Å². The summed E-state index contributed by atoms with van der Waals surface area (Å²) < 4.78 is 27.3. The first-order chi connectivity index (χ1) is 20.0. The number of aromatic hydroxyl groups is 1. The van der Waals surface area contributed by atoms with Crippen LogP contribution in [0.1, 0.15) is 48.0 Å². The molecule has 1 aliphatic heterocycles. The number of aliphatic hydroxyl groups excluding tert-OH is 1. The van der Waals surface area contributed by atoms with Crippen LogP contribution >= 0.6 is 11.6 Å². The normalized spacial score (nSPS) is 20.3. The molecule has 2 aliphatic rings. The van der Waals surface area contributed by atoms with E-state index in [-0.39, 0.29) is 57.7 Å². The van der Waals surface area contributed by atoms with E-state index in [1.807, 2.05) is 0 Å². The summed E-state index contributed by atoms with van der Waals surface area (Å²) in [5.41, 5.74) is -1.76. The number of phenolic OH excluding ortho intramolecular Hbond substituents is 1. The Balaban J connectivity index is 1.88. The fourth-order valence-corrected chi connectivity index (χ4v) is 5.80. The molecule has 42 heavy (non-hydrogen) atoms. The molecule has 0 fully saturated rings. The van der Waals surface area contributed by atoms with Gasteiger partial charge >= 0.3 is 0 Å². The fourth-order valence-electron chi connectivity index (χ4n) is 5.54. The number of ketones is 2. The maximum absolute atomic E-state index is 14.2. The molecule has 2 aromatic carbocycles. The summed E-state index contributed by atoms with van der Waals surface area (Å²) in [7, 11) is 5.69. The second-order valence-corrected chi connectivity index (χ2v) is 10.5. The molecule has 1 aliphatic carbocycles. The molecule has 0 saturated carbocycles. The van der Waals surface area contributed by atoms with Crippen molar-refractivity contribution in [1.29, 1.82) is 0 Å². The van der Waals surface area contributed by atoms with Crippen LogP contribution in [0.3, 0.4) is 0 Å². The van der Waals surface area contributed by atoms with Crippen LogP contribution in [0.5, 0.6) is 28.7 Å². The maximum Gasteiger partial charge on any atom is 0.231 e. The lowest BCUT2D eigenvalue weighted by molar-refractivity contribution is -0.121. The number of rotatable bonds is 11. The molecule has 0 bridgehead atoms. The van der Waals surface area contributed by atoms with Crippen molar-refractivity contribution in [2.24, 2.45) is 5.92 Å². The molecule has 1 spiro atoms. The van der Waals surface area contributed by atoms with Gasteiger partial charge in [-0.25, -0.2) is 0 Å². The summed E-state index contributed by atoms with van der Waals surface area (Å²) in [6.45, 7) is 2.39. The van der Waals surface area contributed by atoms with Crippen LogP contribution < -0.4 is 24.3 Å². The minimum Gasteiger partial charge on any atom is -0.507 e. The van der Waals surface area contributed by atoms with Gasteiger partial charge in [-0.15, -0.1) is 0 Å². The predicted octanol–water partition coefficient (Wildman–Crippen LogP) is 4.13. The van der Waals surface area contributed by atoms with Gasteiger partial charge in [0.15, 0.2) is 28.8 Å². The van der Waals surface area contributed by atoms with Crippen LogP contribution in [0.25, 0.3) is 0 Å². The lowest BCUT2D eigenvalue weighted by atomic mass is 9.69. The maximum atomic E-state index is 14.2. The Labute approximate surface area is 248 Å². The largest absolute Gasteiger partial charge is 0.507 e. The Hall–Kier alpha value is -3.96. The van der Waals surface area contributed by atoms with E-state index in [4.69, 9.17) is 35.3 Å². The Bertz CT molecular complexity index is 1440. The smallest absolute Gasteiger partial charge is 0.231 e. The molecular weight excluding hydrogens is 570 g/mol. The average molecular weight is 604 g/mol. The Kier molecular flexibility index (Phi) is 9.22. The van der Waals surface area contributed by atoms with Gasteiger partial charge in [-0.3, -0.25) is 14.4 Å². The third kappa shape index (κ3) is 5.22. The minimum atomic E-state index is -2.01. The summed E-state index contributed by atoms with van der Waals surface area (Å²) in [5, 5.41) is 24.9. The number of carbonyl (C=O) groups excluding carboxylic acids is 3. The van der Waals surface area contributed by atoms with Crippen LogP contribution in [-0.4, -0.2) is 74.9 Å². The number of aliphatic hydroxyl groups is 1. The summed E-state index contributed by atoms with van der Waals surface area (Å²) in [6.07, 6.45) is 0.146. The summed E-state index contributed by atoms with van der Waals surface area (Å²) in [4.78, 5) is 40.9. The Morgan fingerprint density at radius 1 is 1.10 bits per heavy atom. The third-order valence-corrected chi connectivity index (χ3v) is 8.06. The molecule has 2 aromatic rings. The number of phenols is 1. The van der Waals surface area contributed by atoms with Crippen LogP contribution in [0.2, 0.25) is 5.02 Å². The quantitative estimate of drug-likeness (QED) is 0.320. The molecule has 3 atom stereocenters. The molecule has 3 N–H and O–H groups in total. The minimum absolute atomic E-state index is 0.00670. The first-order valence-corrected chi connectivity index (χ1v) is 13.7. The van der Waals surface area contributed by atoms with E-state index >= 15 is 0 Å². The molecule has 12 heteroatoms. The Morgan fingerprint density at radius 3 is 2.43 bits per heavy atom. The number of ether oxygens (including phenoxy) is 5. The van der Waals surface area contributed by atoms with Crippen molar-refractivity contribution < 1.29 is 48.3 Å². The monoisotopic (exact) mass is 603 g/mol. The van der Waals surface area contributed by atoms with E-state index in [1.165, 1.54) is 45.6 Å². The molecule has 3 unspecified atom stereocenters. The van der Waals surface area contributed by atoms with Crippen molar-refractivity contribution in [1.82, 2.24) is 5.32 Å². The van der Waals surface area contributed by atoms with Gasteiger partial charge in [0, 0.05) is 56.6 Å². The number of allylic oxidation sites excluding steroid dienone is 1. The molecule has 1 amide bonds. The molecule has 4 rings (SSSR count). The lowest BCUT2D eigenvalue weighted by Gasteiger charge is -2.38. The Morgan fingerprint density at radius 2 is 1.79 bits per heavy atom. The number of amides is 1. The number of methoxy groups -OCH3 is 4. The zero-order chi connectivity index (χ0) is 30.8. The SMILES string of the molecule is COCCCNC(=O)CC(C1=C(O)C2(Oc3c(Cl)c(OC)cc(OC)c3C2=O)C(C)CC1=O)c1ccc(O)c(OC)c1. The van der Waals surface area contributed by atoms with E-state index < -0.39 is 40.7 Å². The number of fused-ring (bicyclic) bond motifs is 1. The molecule has 0 aromatic heterocycles. The van der Waals surface area contributed by atoms with Crippen LogP contribution in [0.4, 0.5) is 0 Å². The number of hydrogen-bond donors (Lipinski definition) is 3. The second kappa shape index (κ2) is 12.5. The number of halogens is 1. The molecule has 1 heterocycles. The molecule has 0 saturated heterocycles. The number of hydrogen-bond acceptors (Lipinski definition) is 10. The van der Waals surface area contributed by atoms with Crippen LogP contribution in [-0.2, 0) is 14.3 Å². The number of carbonyl (C=O) groups is 3. The van der Waals surface area contributed by atoms with E-state index in [0.717, 1.165) is 0 Å². The van der Waals surface area contributed by atoms with Crippen molar-refractivity contribution in [3.05, 3.63) is 51.7 Å². The highest BCUT2D eigenvalue weighted by molar-refractivity contribution is 6.35. The molecular formula is C30H34ClNO10. The van der Waals surface area contributed by atoms with Gasteiger partial charge in [0.25, 0.3) is 0 Å². The van der Waals surface area contributed by atoms with Gasteiger partial charge < -0.3 is 39.2 Å². The van der Waals surface area contributed by atoms with Crippen molar-refractivity contribution in [3.8, 4) is 28.7 Å².